The minimum atomic E-state index is -0.787. The van der Waals surface area contributed by atoms with Crippen LogP contribution in [0.5, 0.6) is 0 Å². The zero-order valence-corrected chi connectivity index (χ0v) is 40.2. The van der Waals surface area contributed by atoms with Crippen LogP contribution >= 0.6 is 0 Å². The molecule has 0 aromatic carbocycles. The predicted octanol–water partition coefficient (Wildman–Crippen LogP) is 16.9. The van der Waals surface area contributed by atoms with Gasteiger partial charge in [-0.2, -0.15) is 0 Å². The van der Waals surface area contributed by atoms with Gasteiger partial charge in [0.05, 0.1) is 0 Å². The SMILES string of the molecule is CC/C=C\C/C=C\C/C=C\C/C=C\CCCCCCC(=O)O[C@H](COC(=O)CCCCCCC/C=C\CCCCCC)COC(=O)CCCCCCCCCCCCCCC. The summed E-state index contributed by atoms with van der Waals surface area (Å²) in [5.41, 5.74) is 0. The van der Waals surface area contributed by atoms with E-state index < -0.39 is 6.10 Å². The Bertz CT molecular complexity index is 1120. The van der Waals surface area contributed by atoms with Gasteiger partial charge in [-0.25, -0.2) is 0 Å². The lowest BCUT2D eigenvalue weighted by Crippen LogP contribution is -2.30. The van der Waals surface area contributed by atoms with Gasteiger partial charge in [0.2, 0.25) is 0 Å². The Kier molecular flexibility index (Phi) is 47.4. The fourth-order valence-corrected chi connectivity index (χ4v) is 7.13. The third-order valence-corrected chi connectivity index (χ3v) is 11.0. The monoisotopic (exact) mass is 853 g/mol. The molecule has 0 aliphatic carbocycles. The van der Waals surface area contributed by atoms with E-state index in [9.17, 15) is 14.4 Å². The molecule has 352 valence electrons. The molecule has 0 unspecified atom stereocenters. The first-order valence-corrected chi connectivity index (χ1v) is 25.8. The molecular formula is C55H96O6. The van der Waals surface area contributed by atoms with Crippen LogP contribution in [0.25, 0.3) is 0 Å². The Hall–Kier alpha value is -2.89. The molecule has 0 radical (unpaired) electrons. The first kappa shape index (κ1) is 58.1. The lowest BCUT2D eigenvalue weighted by molar-refractivity contribution is -0.167. The molecule has 0 bridgehead atoms. The zero-order chi connectivity index (χ0) is 44.4. The van der Waals surface area contributed by atoms with Crippen LogP contribution in [0.1, 0.15) is 252 Å². The highest BCUT2D eigenvalue weighted by Crippen LogP contribution is 2.15. The van der Waals surface area contributed by atoms with Crippen molar-refractivity contribution in [3.63, 3.8) is 0 Å². The smallest absolute Gasteiger partial charge is 0.306 e. The molecule has 0 saturated heterocycles. The standard InChI is InChI=1S/C55H96O6/c1-4-7-10-13-16-19-22-25-26-27-28-31-34-37-40-43-46-49-55(58)61-52(50-59-53(56)47-44-41-38-35-32-29-23-20-17-14-11-8-5-2)51-60-54(57)48-45-42-39-36-33-30-24-21-18-15-12-9-6-3/h7,10,16,19-20,23,25-26,28,31,52H,4-6,8-9,11-15,17-18,21-22,24,27,29-30,32-51H2,1-3H3/b10-7-,19-16-,23-20-,26-25-,31-28-/t52-/m1/s1. The van der Waals surface area contributed by atoms with E-state index in [1.807, 2.05) is 0 Å². The molecule has 1 atom stereocenters. The van der Waals surface area contributed by atoms with Gasteiger partial charge in [0.1, 0.15) is 13.2 Å². The Balaban J connectivity index is 4.43. The minimum absolute atomic E-state index is 0.0850. The van der Waals surface area contributed by atoms with E-state index in [2.05, 4.69) is 81.5 Å². The summed E-state index contributed by atoms with van der Waals surface area (Å²) in [6.07, 6.45) is 60.5. The summed E-state index contributed by atoms with van der Waals surface area (Å²) in [5.74, 6) is -0.913. The summed E-state index contributed by atoms with van der Waals surface area (Å²) in [4.78, 5) is 37.9. The van der Waals surface area contributed by atoms with E-state index in [1.54, 1.807) is 0 Å². The Morgan fingerprint density at radius 3 is 1.03 bits per heavy atom. The van der Waals surface area contributed by atoms with E-state index in [1.165, 1.54) is 109 Å². The molecule has 0 N–H and O–H groups in total. The molecule has 0 fully saturated rings. The van der Waals surface area contributed by atoms with Crippen LogP contribution in [0.2, 0.25) is 0 Å². The van der Waals surface area contributed by atoms with Gasteiger partial charge < -0.3 is 14.2 Å². The van der Waals surface area contributed by atoms with Gasteiger partial charge in [-0.15, -0.1) is 0 Å². The van der Waals surface area contributed by atoms with Crippen molar-refractivity contribution in [3.8, 4) is 0 Å². The fraction of sp³-hybridized carbons (Fsp3) is 0.764. The van der Waals surface area contributed by atoms with Gasteiger partial charge >= 0.3 is 17.9 Å². The van der Waals surface area contributed by atoms with Gasteiger partial charge in [-0.3, -0.25) is 14.4 Å². The second-order valence-corrected chi connectivity index (χ2v) is 17.1. The summed E-state index contributed by atoms with van der Waals surface area (Å²) in [6, 6.07) is 0. The number of esters is 3. The molecule has 0 aliphatic heterocycles. The maximum Gasteiger partial charge on any atom is 0.306 e. The maximum absolute atomic E-state index is 12.8. The lowest BCUT2D eigenvalue weighted by Gasteiger charge is -2.18. The molecule has 0 aromatic heterocycles. The van der Waals surface area contributed by atoms with E-state index in [-0.39, 0.29) is 31.1 Å². The zero-order valence-electron chi connectivity index (χ0n) is 40.2. The van der Waals surface area contributed by atoms with E-state index >= 15 is 0 Å². The molecule has 6 nitrogen and oxygen atoms in total. The topological polar surface area (TPSA) is 78.9 Å². The number of allylic oxidation sites excluding steroid dienone is 10. The van der Waals surface area contributed by atoms with Crippen LogP contribution in [0, 0.1) is 0 Å². The number of carbonyl (C=O) groups is 3. The second-order valence-electron chi connectivity index (χ2n) is 17.1. The molecule has 0 rings (SSSR count). The summed E-state index contributed by atoms with van der Waals surface area (Å²) in [6.45, 7) is 6.49. The minimum Gasteiger partial charge on any atom is -0.462 e. The highest BCUT2D eigenvalue weighted by atomic mass is 16.6. The summed E-state index contributed by atoms with van der Waals surface area (Å²) in [5, 5.41) is 0. The second kappa shape index (κ2) is 49.8. The molecule has 0 amide bonds. The van der Waals surface area contributed by atoms with Crippen LogP contribution in [0.3, 0.4) is 0 Å². The van der Waals surface area contributed by atoms with Gasteiger partial charge in [-0.05, 0) is 83.5 Å². The van der Waals surface area contributed by atoms with Crippen molar-refractivity contribution in [1.82, 2.24) is 0 Å². The highest BCUT2D eigenvalue weighted by molar-refractivity contribution is 5.71. The quantitative estimate of drug-likeness (QED) is 0.0263. The number of ether oxygens (including phenoxy) is 3. The molecule has 0 heterocycles. The van der Waals surface area contributed by atoms with E-state index in [4.69, 9.17) is 14.2 Å². The summed E-state index contributed by atoms with van der Waals surface area (Å²) >= 11 is 0. The van der Waals surface area contributed by atoms with Crippen LogP contribution < -0.4 is 0 Å². The fourth-order valence-electron chi connectivity index (χ4n) is 7.13. The number of hydrogen-bond acceptors (Lipinski definition) is 6. The highest BCUT2D eigenvalue weighted by Gasteiger charge is 2.19. The Morgan fingerprint density at radius 2 is 0.639 bits per heavy atom. The number of carbonyl (C=O) groups excluding carboxylic acids is 3. The van der Waals surface area contributed by atoms with Crippen molar-refractivity contribution < 1.29 is 28.6 Å². The van der Waals surface area contributed by atoms with Gasteiger partial charge in [-0.1, -0.05) is 210 Å². The van der Waals surface area contributed by atoms with Crippen molar-refractivity contribution in [2.75, 3.05) is 13.2 Å². The molecule has 0 spiro atoms. The van der Waals surface area contributed by atoms with Crippen LogP contribution in [0.4, 0.5) is 0 Å². The largest absolute Gasteiger partial charge is 0.462 e. The van der Waals surface area contributed by atoms with Crippen molar-refractivity contribution in [2.24, 2.45) is 0 Å². The normalized spacial score (nSPS) is 12.5. The average Bonchev–Trinajstić information content (AvgIpc) is 3.26. The molecule has 6 heteroatoms. The van der Waals surface area contributed by atoms with E-state index in [0.29, 0.717) is 19.3 Å². The predicted molar refractivity (Wildman–Crippen MR) is 261 cm³/mol. The molecule has 0 aliphatic rings. The molecule has 0 saturated carbocycles. The molecular weight excluding hydrogens is 757 g/mol. The van der Waals surface area contributed by atoms with E-state index in [0.717, 1.165) is 103 Å². The van der Waals surface area contributed by atoms with Crippen molar-refractivity contribution >= 4 is 17.9 Å². The molecule has 61 heavy (non-hydrogen) atoms. The number of rotatable bonds is 46. The summed E-state index contributed by atoms with van der Waals surface area (Å²) in [7, 11) is 0. The van der Waals surface area contributed by atoms with Gasteiger partial charge in [0, 0.05) is 19.3 Å². The summed E-state index contributed by atoms with van der Waals surface area (Å²) < 4.78 is 16.8. The first-order chi connectivity index (χ1) is 30.0. The van der Waals surface area contributed by atoms with Crippen LogP contribution in [0.15, 0.2) is 60.8 Å². The molecule has 0 aromatic rings. The third-order valence-electron chi connectivity index (χ3n) is 11.0. The first-order valence-electron chi connectivity index (χ1n) is 25.8. The lowest BCUT2D eigenvalue weighted by atomic mass is 10.0. The van der Waals surface area contributed by atoms with Crippen molar-refractivity contribution in [3.05, 3.63) is 60.8 Å². The van der Waals surface area contributed by atoms with Crippen LogP contribution in [-0.4, -0.2) is 37.2 Å². The van der Waals surface area contributed by atoms with Gasteiger partial charge in [0.15, 0.2) is 6.10 Å². The number of hydrogen-bond donors (Lipinski definition) is 0. The van der Waals surface area contributed by atoms with Crippen molar-refractivity contribution in [1.29, 1.82) is 0 Å². The van der Waals surface area contributed by atoms with Crippen LogP contribution in [-0.2, 0) is 28.6 Å². The third kappa shape index (κ3) is 48.0. The number of unbranched alkanes of at least 4 members (excludes halogenated alkanes) is 25. The van der Waals surface area contributed by atoms with Gasteiger partial charge in [0.25, 0.3) is 0 Å². The Morgan fingerprint density at radius 1 is 0.344 bits per heavy atom. The average molecular weight is 853 g/mol. The Labute approximate surface area is 377 Å². The van der Waals surface area contributed by atoms with Crippen molar-refractivity contribution in [2.45, 2.75) is 258 Å². The maximum atomic E-state index is 12.8.